The summed E-state index contributed by atoms with van der Waals surface area (Å²) in [6, 6.07) is 20.4. The first-order valence-electron chi connectivity index (χ1n) is 12.1. The maximum atomic E-state index is 13.1. The van der Waals surface area contributed by atoms with E-state index >= 15 is 0 Å². The zero-order valence-corrected chi connectivity index (χ0v) is 19.2. The normalized spacial score (nSPS) is 19.0. The summed E-state index contributed by atoms with van der Waals surface area (Å²) in [5.74, 6) is 0.208. The molecule has 2 amide bonds. The van der Waals surface area contributed by atoms with Crippen molar-refractivity contribution in [3.63, 3.8) is 0 Å². The number of carbonyl (C=O) groups excluding carboxylic acids is 2. The second-order valence-electron chi connectivity index (χ2n) is 9.28. The lowest BCUT2D eigenvalue weighted by Crippen LogP contribution is -2.51. The van der Waals surface area contributed by atoms with Gasteiger partial charge in [-0.3, -0.25) is 9.59 Å². The van der Waals surface area contributed by atoms with Gasteiger partial charge < -0.3 is 15.1 Å². The van der Waals surface area contributed by atoms with Crippen molar-refractivity contribution in [1.29, 1.82) is 0 Å². The summed E-state index contributed by atoms with van der Waals surface area (Å²) < 4.78 is 0. The molecule has 1 atom stereocenters. The van der Waals surface area contributed by atoms with Gasteiger partial charge in [-0.1, -0.05) is 36.4 Å². The molecular formula is C28H31N3O2. The number of nitrogens with zero attached hydrogens (tertiary/aromatic N) is 2. The minimum absolute atomic E-state index is 0.0878. The quantitative estimate of drug-likeness (QED) is 0.648. The van der Waals surface area contributed by atoms with Crippen molar-refractivity contribution in [2.45, 2.75) is 32.2 Å². The highest BCUT2D eigenvalue weighted by Crippen LogP contribution is 2.30. The van der Waals surface area contributed by atoms with Crippen LogP contribution < -0.4 is 5.32 Å². The molecule has 0 saturated carbocycles. The van der Waals surface area contributed by atoms with Crippen molar-refractivity contribution < 1.29 is 9.59 Å². The van der Waals surface area contributed by atoms with Crippen molar-refractivity contribution in [2.24, 2.45) is 0 Å². The van der Waals surface area contributed by atoms with Crippen LogP contribution in [0.2, 0.25) is 0 Å². The minimum atomic E-state index is 0.0878. The molecule has 0 spiro atoms. The molecule has 0 radical (unpaired) electrons. The Balaban J connectivity index is 1.44. The highest BCUT2D eigenvalue weighted by atomic mass is 16.2. The topological polar surface area (TPSA) is 52.7 Å². The van der Waals surface area contributed by atoms with Crippen molar-refractivity contribution in [3.8, 4) is 11.1 Å². The van der Waals surface area contributed by atoms with Crippen LogP contribution in [0, 0.1) is 0 Å². The number of hydrogen-bond acceptors (Lipinski definition) is 3. The zero-order chi connectivity index (χ0) is 22.8. The molecule has 5 rings (SSSR count). The van der Waals surface area contributed by atoms with Crippen molar-refractivity contribution in [1.82, 2.24) is 15.1 Å². The number of fused-ring (bicyclic) bond motifs is 1. The van der Waals surface area contributed by atoms with Crippen LogP contribution in [0.1, 0.15) is 46.9 Å². The van der Waals surface area contributed by atoms with Gasteiger partial charge in [0, 0.05) is 49.9 Å². The average Bonchev–Trinajstić information content (AvgIpc) is 2.87. The van der Waals surface area contributed by atoms with Crippen LogP contribution in [-0.4, -0.2) is 60.4 Å². The standard InChI is InChI=1S/C28H31N3O2/c1-20-19-31(16-13-29-20)28(33)24-11-12-26-22(18-24)8-6-10-25(26)21-7-5-9-23(17-21)27(32)30-14-3-2-4-15-30/h5-12,17-18,20,29H,2-4,13-16,19H2,1H3. The monoisotopic (exact) mass is 441 g/mol. The Kier molecular flexibility index (Phi) is 6.14. The molecule has 2 saturated heterocycles. The fraction of sp³-hybridized carbons (Fsp3) is 0.357. The Hall–Kier alpha value is -3.18. The number of carbonyl (C=O) groups is 2. The third kappa shape index (κ3) is 4.51. The SMILES string of the molecule is CC1CN(C(=O)c2ccc3c(-c4cccc(C(=O)N5CCCCC5)c4)cccc3c2)CCN1. The molecule has 2 aliphatic rings. The number of nitrogens with one attached hydrogen (secondary N) is 1. The lowest BCUT2D eigenvalue weighted by Gasteiger charge is -2.32. The van der Waals surface area contributed by atoms with Crippen LogP contribution >= 0.6 is 0 Å². The van der Waals surface area contributed by atoms with Crippen LogP contribution in [0.4, 0.5) is 0 Å². The molecule has 1 unspecified atom stereocenters. The Bertz CT molecular complexity index is 1180. The zero-order valence-electron chi connectivity index (χ0n) is 19.2. The molecular weight excluding hydrogens is 410 g/mol. The molecule has 0 aromatic heterocycles. The predicted molar refractivity (Wildman–Crippen MR) is 133 cm³/mol. The van der Waals surface area contributed by atoms with Crippen LogP contribution in [0.15, 0.2) is 60.7 Å². The minimum Gasteiger partial charge on any atom is -0.339 e. The summed E-state index contributed by atoms with van der Waals surface area (Å²) in [5, 5.41) is 5.51. The second kappa shape index (κ2) is 9.36. The first kappa shape index (κ1) is 21.7. The Morgan fingerprint density at radius 2 is 1.58 bits per heavy atom. The first-order valence-corrected chi connectivity index (χ1v) is 12.1. The van der Waals surface area contributed by atoms with E-state index in [1.165, 1.54) is 6.42 Å². The van der Waals surface area contributed by atoms with E-state index in [4.69, 9.17) is 0 Å². The molecule has 0 aliphatic carbocycles. The molecule has 170 valence electrons. The third-order valence-electron chi connectivity index (χ3n) is 6.85. The van der Waals surface area contributed by atoms with Crippen molar-refractivity contribution >= 4 is 22.6 Å². The van der Waals surface area contributed by atoms with Crippen molar-refractivity contribution in [3.05, 3.63) is 71.8 Å². The first-order chi connectivity index (χ1) is 16.1. The van der Waals surface area contributed by atoms with Gasteiger partial charge in [-0.25, -0.2) is 0 Å². The van der Waals surface area contributed by atoms with Gasteiger partial charge in [-0.05, 0) is 72.4 Å². The molecule has 5 heteroatoms. The summed E-state index contributed by atoms with van der Waals surface area (Å²) in [6.07, 6.45) is 3.38. The fourth-order valence-corrected chi connectivity index (χ4v) is 5.07. The molecule has 2 aliphatic heterocycles. The number of amides is 2. The molecule has 3 aromatic carbocycles. The van der Waals surface area contributed by atoms with E-state index in [-0.39, 0.29) is 11.8 Å². The number of benzene rings is 3. The Morgan fingerprint density at radius 1 is 0.818 bits per heavy atom. The summed E-state index contributed by atoms with van der Waals surface area (Å²) >= 11 is 0. The van der Waals surface area contributed by atoms with E-state index in [0.29, 0.717) is 6.04 Å². The van der Waals surface area contributed by atoms with Gasteiger partial charge in [0.25, 0.3) is 11.8 Å². The fourth-order valence-electron chi connectivity index (χ4n) is 5.07. The van der Waals surface area contributed by atoms with E-state index in [0.717, 1.165) is 78.6 Å². The van der Waals surface area contributed by atoms with Crippen LogP contribution in [0.5, 0.6) is 0 Å². The highest BCUT2D eigenvalue weighted by molar-refractivity contribution is 6.03. The largest absolute Gasteiger partial charge is 0.339 e. The number of hydrogen-bond donors (Lipinski definition) is 1. The third-order valence-corrected chi connectivity index (χ3v) is 6.85. The Morgan fingerprint density at radius 3 is 2.39 bits per heavy atom. The van der Waals surface area contributed by atoms with Gasteiger partial charge >= 0.3 is 0 Å². The summed E-state index contributed by atoms with van der Waals surface area (Å²) in [7, 11) is 0. The lowest BCUT2D eigenvalue weighted by molar-refractivity contribution is 0.0706. The average molecular weight is 442 g/mol. The van der Waals surface area contributed by atoms with Gasteiger partial charge in [0.1, 0.15) is 0 Å². The number of piperazine rings is 1. The summed E-state index contributed by atoms with van der Waals surface area (Å²) in [6.45, 7) is 6.10. The molecule has 33 heavy (non-hydrogen) atoms. The molecule has 2 heterocycles. The van der Waals surface area contributed by atoms with Crippen LogP contribution in [0.25, 0.3) is 21.9 Å². The van der Waals surface area contributed by atoms with Gasteiger partial charge in [0.15, 0.2) is 0 Å². The molecule has 0 bridgehead atoms. The molecule has 2 fully saturated rings. The molecule has 3 aromatic rings. The van der Waals surface area contributed by atoms with Crippen LogP contribution in [-0.2, 0) is 0 Å². The van der Waals surface area contributed by atoms with Gasteiger partial charge in [0.05, 0.1) is 0 Å². The number of piperidine rings is 1. The Labute approximate surface area is 195 Å². The van der Waals surface area contributed by atoms with E-state index in [9.17, 15) is 9.59 Å². The summed E-state index contributed by atoms with van der Waals surface area (Å²) in [4.78, 5) is 30.0. The van der Waals surface area contributed by atoms with E-state index in [1.54, 1.807) is 0 Å². The summed E-state index contributed by atoms with van der Waals surface area (Å²) in [5.41, 5.74) is 3.57. The van der Waals surface area contributed by atoms with Gasteiger partial charge in [-0.2, -0.15) is 0 Å². The second-order valence-corrected chi connectivity index (χ2v) is 9.28. The highest BCUT2D eigenvalue weighted by Gasteiger charge is 2.22. The lowest BCUT2D eigenvalue weighted by atomic mass is 9.95. The predicted octanol–water partition coefficient (Wildman–Crippen LogP) is 4.57. The maximum Gasteiger partial charge on any atom is 0.253 e. The van der Waals surface area contributed by atoms with Gasteiger partial charge in [0.2, 0.25) is 0 Å². The molecule has 5 nitrogen and oxygen atoms in total. The van der Waals surface area contributed by atoms with Crippen LogP contribution in [0.3, 0.4) is 0 Å². The number of rotatable bonds is 3. The van der Waals surface area contributed by atoms with E-state index < -0.39 is 0 Å². The van der Waals surface area contributed by atoms with Crippen molar-refractivity contribution in [2.75, 3.05) is 32.7 Å². The maximum absolute atomic E-state index is 13.1. The number of likely N-dealkylation sites (tertiary alicyclic amines) is 1. The van der Waals surface area contributed by atoms with E-state index in [1.807, 2.05) is 52.3 Å². The smallest absolute Gasteiger partial charge is 0.253 e. The van der Waals surface area contributed by atoms with E-state index in [2.05, 4.69) is 30.4 Å². The molecule has 1 N–H and O–H groups in total. The van der Waals surface area contributed by atoms with Gasteiger partial charge in [-0.15, -0.1) is 0 Å².